The molecule has 20 heavy (non-hydrogen) atoms. The molecule has 2 heterocycles. The van der Waals surface area contributed by atoms with Gasteiger partial charge < -0.3 is 10.0 Å². The van der Waals surface area contributed by atoms with E-state index in [1.54, 1.807) is 0 Å². The number of carbonyl (C=O) groups excluding carboxylic acids is 1. The molecule has 1 amide bonds. The van der Waals surface area contributed by atoms with E-state index in [0.29, 0.717) is 11.9 Å². The number of aryl methyl sites for hydroxylation is 1. The summed E-state index contributed by atoms with van der Waals surface area (Å²) in [7, 11) is 0. The zero-order chi connectivity index (χ0) is 13.9. The van der Waals surface area contributed by atoms with Crippen LogP contribution in [0.2, 0.25) is 0 Å². The van der Waals surface area contributed by atoms with Gasteiger partial charge >= 0.3 is 0 Å². The van der Waals surface area contributed by atoms with Gasteiger partial charge in [0.25, 0.3) is 0 Å². The Bertz CT molecular complexity index is 471. The van der Waals surface area contributed by atoms with Crippen molar-refractivity contribution in [3.05, 3.63) is 17.5 Å². The van der Waals surface area contributed by atoms with Crippen molar-refractivity contribution in [3.8, 4) is 0 Å². The van der Waals surface area contributed by atoms with Gasteiger partial charge in [0.1, 0.15) is 0 Å². The van der Waals surface area contributed by atoms with E-state index < -0.39 is 0 Å². The quantitative estimate of drug-likeness (QED) is 0.871. The van der Waals surface area contributed by atoms with E-state index in [9.17, 15) is 4.79 Å². The summed E-state index contributed by atoms with van der Waals surface area (Å²) in [6.07, 6.45) is 8.50. The molecule has 3 rings (SSSR count). The first kappa shape index (κ1) is 13.6. The van der Waals surface area contributed by atoms with Crippen molar-refractivity contribution in [2.45, 2.75) is 51.0 Å². The average Bonchev–Trinajstić information content (AvgIpc) is 3.12. The summed E-state index contributed by atoms with van der Waals surface area (Å²) < 4.78 is 0. The molecule has 2 atom stereocenters. The van der Waals surface area contributed by atoms with E-state index in [2.05, 4.69) is 15.1 Å². The van der Waals surface area contributed by atoms with Crippen LogP contribution < -0.4 is 0 Å². The smallest absolute Gasteiger partial charge is 0.226 e. The Kier molecular flexibility index (Phi) is 4.05. The van der Waals surface area contributed by atoms with Crippen LogP contribution in [0.15, 0.2) is 6.20 Å². The number of fused-ring (bicyclic) bond motifs is 1. The van der Waals surface area contributed by atoms with E-state index in [1.165, 1.54) is 5.56 Å². The van der Waals surface area contributed by atoms with Gasteiger partial charge in [0.2, 0.25) is 5.91 Å². The lowest BCUT2D eigenvalue weighted by Crippen LogP contribution is -2.41. The molecule has 0 bridgehead atoms. The second kappa shape index (κ2) is 5.95. The van der Waals surface area contributed by atoms with Crippen LogP contribution in [0, 0.1) is 5.92 Å². The third-order valence-electron chi connectivity index (χ3n) is 4.73. The summed E-state index contributed by atoms with van der Waals surface area (Å²) >= 11 is 0. The van der Waals surface area contributed by atoms with Gasteiger partial charge in [-0.1, -0.05) is 0 Å². The Morgan fingerprint density at radius 1 is 1.50 bits per heavy atom. The average molecular weight is 277 g/mol. The molecule has 1 aliphatic carbocycles. The monoisotopic (exact) mass is 277 g/mol. The van der Waals surface area contributed by atoms with Crippen molar-refractivity contribution in [2.75, 3.05) is 13.2 Å². The highest BCUT2D eigenvalue weighted by Crippen LogP contribution is 2.29. The number of hydrogen-bond donors (Lipinski definition) is 2. The van der Waals surface area contributed by atoms with Crippen LogP contribution >= 0.6 is 0 Å². The van der Waals surface area contributed by atoms with Gasteiger partial charge in [-0.05, 0) is 44.1 Å². The molecule has 0 radical (unpaired) electrons. The number of carbonyl (C=O) groups is 1. The molecule has 2 N–H and O–H groups in total. The molecular formula is C15H23N3O2. The van der Waals surface area contributed by atoms with E-state index in [1.807, 2.05) is 6.20 Å². The molecule has 1 fully saturated rings. The minimum absolute atomic E-state index is 0.109. The Morgan fingerprint density at radius 3 is 3.25 bits per heavy atom. The van der Waals surface area contributed by atoms with Crippen molar-refractivity contribution >= 4 is 5.91 Å². The fraction of sp³-hybridized carbons (Fsp3) is 0.733. The van der Waals surface area contributed by atoms with E-state index in [-0.39, 0.29) is 12.5 Å². The number of aliphatic hydroxyl groups excluding tert-OH is 1. The molecule has 2 unspecified atom stereocenters. The Balaban J connectivity index is 1.64. The Morgan fingerprint density at radius 2 is 2.40 bits per heavy atom. The Hall–Kier alpha value is -1.36. The lowest BCUT2D eigenvalue weighted by atomic mass is 9.87. The fourth-order valence-electron chi connectivity index (χ4n) is 3.61. The number of aromatic nitrogens is 2. The minimum atomic E-state index is 0.109. The number of nitrogens with zero attached hydrogens (tertiary/aromatic N) is 2. The maximum absolute atomic E-state index is 12.7. The van der Waals surface area contributed by atoms with Crippen LogP contribution in [0.25, 0.3) is 0 Å². The van der Waals surface area contributed by atoms with Crippen LogP contribution in [0.1, 0.15) is 43.4 Å². The number of H-pyrrole nitrogens is 1. The molecule has 1 aromatic heterocycles. The van der Waals surface area contributed by atoms with Crippen LogP contribution in [0.3, 0.4) is 0 Å². The predicted octanol–water partition coefficient (Wildman–Crippen LogP) is 1.28. The van der Waals surface area contributed by atoms with Crippen LogP contribution in [0.4, 0.5) is 0 Å². The van der Waals surface area contributed by atoms with Crippen LogP contribution in [-0.2, 0) is 17.6 Å². The number of aromatic amines is 1. The molecule has 0 spiro atoms. The summed E-state index contributed by atoms with van der Waals surface area (Å²) in [5.74, 6) is 0.420. The molecule has 0 aromatic carbocycles. The first-order chi connectivity index (χ1) is 9.79. The topological polar surface area (TPSA) is 69.2 Å². The highest BCUT2D eigenvalue weighted by molar-refractivity contribution is 5.80. The normalized spacial score (nSPS) is 25.8. The fourth-order valence-corrected chi connectivity index (χ4v) is 3.61. The van der Waals surface area contributed by atoms with E-state index in [0.717, 1.165) is 57.2 Å². The summed E-state index contributed by atoms with van der Waals surface area (Å²) in [4.78, 5) is 14.8. The number of hydrogen-bond acceptors (Lipinski definition) is 3. The maximum Gasteiger partial charge on any atom is 0.226 e. The van der Waals surface area contributed by atoms with Crippen molar-refractivity contribution in [1.29, 1.82) is 0 Å². The molecule has 110 valence electrons. The second-order valence-corrected chi connectivity index (χ2v) is 6.01. The maximum atomic E-state index is 12.7. The molecule has 2 aliphatic rings. The molecule has 5 nitrogen and oxygen atoms in total. The number of likely N-dealkylation sites (tertiary alicyclic amines) is 1. The number of amides is 1. The van der Waals surface area contributed by atoms with E-state index >= 15 is 0 Å². The van der Waals surface area contributed by atoms with E-state index in [4.69, 9.17) is 5.11 Å². The molecule has 1 aromatic rings. The van der Waals surface area contributed by atoms with Crippen LogP contribution in [0.5, 0.6) is 0 Å². The first-order valence-corrected chi connectivity index (χ1v) is 7.72. The van der Waals surface area contributed by atoms with Gasteiger partial charge in [-0.3, -0.25) is 9.89 Å². The highest BCUT2D eigenvalue weighted by atomic mass is 16.3. The molecule has 1 aliphatic heterocycles. The molecule has 1 saturated heterocycles. The Labute approximate surface area is 119 Å². The zero-order valence-corrected chi connectivity index (χ0v) is 11.8. The standard InChI is InChI=1S/C15H23N3O2/c19-8-2-4-13-3-1-7-18(13)15(20)11-5-6-12-10-16-17-14(12)9-11/h10-11,13,19H,1-9H2,(H,16,17). The van der Waals surface area contributed by atoms with Gasteiger partial charge in [0.05, 0.1) is 6.20 Å². The van der Waals surface area contributed by atoms with Gasteiger partial charge in [-0.2, -0.15) is 5.10 Å². The molecular weight excluding hydrogens is 254 g/mol. The SMILES string of the molecule is O=C(C1CCc2cn[nH]c2C1)N1CCCC1CCCO. The summed E-state index contributed by atoms with van der Waals surface area (Å²) in [6.45, 7) is 1.11. The zero-order valence-electron chi connectivity index (χ0n) is 11.8. The van der Waals surface area contributed by atoms with Gasteiger partial charge in [-0.15, -0.1) is 0 Å². The number of rotatable bonds is 4. The second-order valence-electron chi connectivity index (χ2n) is 6.01. The van der Waals surface area contributed by atoms with Gasteiger partial charge in [-0.25, -0.2) is 0 Å². The summed E-state index contributed by atoms with van der Waals surface area (Å²) in [5, 5.41) is 16.1. The summed E-state index contributed by atoms with van der Waals surface area (Å²) in [6, 6.07) is 0.345. The van der Waals surface area contributed by atoms with Crippen molar-refractivity contribution in [1.82, 2.24) is 15.1 Å². The molecule has 5 heteroatoms. The lowest BCUT2D eigenvalue weighted by Gasteiger charge is -2.30. The largest absolute Gasteiger partial charge is 0.396 e. The first-order valence-electron chi connectivity index (χ1n) is 7.72. The third kappa shape index (κ3) is 2.59. The van der Waals surface area contributed by atoms with Crippen LogP contribution in [-0.4, -0.2) is 45.3 Å². The highest BCUT2D eigenvalue weighted by Gasteiger charge is 2.34. The van der Waals surface area contributed by atoms with Gasteiger partial charge in [0.15, 0.2) is 0 Å². The number of nitrogens with one attached hydrogen (secondary N) is 1. The predicted molar refractivity (Wildman–Crippen MR) is 75.2 cm³/mol. The van der Waals surface area contributed by atoms with Crippen molar-refractivity contribution < 1.29 is 9.90 Å². The number of aliphatic hydroxyl groups is 1. The van der Waals surface area contributed by atoms with Crippen molar-refractivity contribution in [3.63, 3.8) is 0 Å². The minimum Gasteiger partial charge on any atom is -0.396 e. The third-order valence-corrected chi connectivity index (χ3v) is 4.73. The molecule has 0 saturated carbocycles. The van der Waals surface area contributed by atoms with Crippen molar-refractivity contribution in [2.24, 2.45) is 5.92 Å². The summed E-state index contributed by atoms with van der Waals surface area (Å²) in [5.41, 5.74) is 2.41. The van der Waals surface area contributed by atoms with Gasteiger partial charge in [0, 0.05) is 37.2 Å². The lowest BCUT2D eigenvalue weighted by molar-refractivity contribution is -0.136.